The molecule has 0 radical (unpaired) electrons. The van der Waals surface area contributed by atoms with Crippen molar-refractivity contribution in [2.45, 2.75) is 13.5 Å². The van der Waals surface area contributed by atoms with Gasteiger partial charge in [0.05, 0.1) is 12.0 Å². The average molecular weight is 165 g/mol. The quantitative estimate of drug-likeness (QED) is 0.648. The summed E-state index contributed by atoms with van der Waals surface area (Å²) in [4.78, 5) is 6.71. The lowest BCUT2D eigenvalue weighted by molar-refractivity contribution is 0.103. The highest BCUT2D eigenvalue weighted by Gasteiger charge is 2.22. The van der Waals surface area contributed by atoms with Gasteiger partial charge < -0.3 is 4.57 Å². The Morgan fingerprint density at radius 2 is 2.33 bits per heavy atom. The Hall–Kier alpha value is -0.830. The lowest BCUT2D eigenvalue weighted by Gasteiger charge is -2.36. The standard InChI is InChI=1S/C9H15N3/c1-8-3-12(4-8)6-9-5-11(2)7-10-9/h5,7-8H,3-4,6H2,1-2H3. The molecule has 0 unspecified atom stereocenters. The van der Waals surface area contributed by atoms with Crippen molar-refractivity contribution in [2.24, 2.45) is 13.0 Å². The minimum Gasteiger partial charge on any atom is -0.340 e. The molecule has 1 aliphatic heterocycles. The molecule has 0 aromatic carbocycles. The summed E-state index contributed by atoms with van der Waals surface area (Å²) in [5.41, 5.74) is 1.18. The summed E-state index contributed by atoms with van der Waals surface area (Å²) in [7, 11) is 2.01. The van der Waals surface area contributed by atoms with E-state index in [9.17, 15) is 0 Å². The maximum absolute atomic E-state index is 4.28. The zero-order valence-electron chi connectivity index (χ0n) is 7.70. The molecule has 1 saturated heterocycles. The molecule has 1 aromatic rings. The van der Waals surface area contributed by atoms with E-state index < -0.39 is 0 Å². The van der Waals surface area contributed by atoms with Gasteiger partial charge in [-0.2, -0.15) is 0 Å². The fraction of sp³-hybridized carbons (Fsp3) is 0.667. The predicted octanol–water partition coefficient (Wildman–Crippen LogP) is 0.872. The first kappa shape index (κ1) is 7.80. The highest BCUT2D eigenvalue weighted by molar-refractivity contribution is 4.97. The third-order valence-corrected chi connectivity index (χ3v) is 2.28. The highest BCUT2D eigenvalue weighted by Crippen LogP contribution is 2.16. The Morgan fingerprint density at radius 3 is 2.83 bits per heavy atom. The van der Waals surface area contributed by atoms with Crippen LogP contribution in [0.3, 0.4) is 0 Å². The Morgan fingerprint density at radius 1 is 1.58 bits per heavy atom. The molecular formula is C9H15N3. The van der Waals surface area contributed by atoms with Crippen LogP contribution in [0.1, 0.15) is 12.6 Å². The third-order valence-electron chi connectivity index (χ3n) is 2.28. The molecule has 0 saturated carbocycles. The van der Waals surface area contributed by atoms with Crippen LogP contribution in [0.5, 0.6) is 0 Å². The van der Waals surface area contributed by atoms with Crippen LogP contribution in [0.4, 0.5) is 0 Å². The summed E-state index contributed by atoms with van der Waals surface area (Å²) in [6.45, 7) is 5.77. The summed E-state index contributed by atoms with van der Waals surface area (Å²) in [5.74, 6) is 0.883. The van der Waals surface area contributed by atoms with E-state index >= 15 is 0 Å². The van der Waals surface area contributed by atoms with Crippen molar-refractivity contribution >= 4 is 0 Å². The van der Waals surface area contributed by atoms with Crippen molar-refractivity contribution in [3.05, 3.63) is 18.2 Å². The topological polar surface area (TPSA) is 21.1 Å². The van der Waals surface area contributed by atoms with Crippen molar-refractivity contribution in [3.63, 3.8) is 0 Å². The van der Waals surface area contributed by atoms with Crippen LogP contribution < -0.4 is 0 Å². The van der Waals surface area contributed by atoms with E-state index in [1.165, 1.54) is 18.8 Å². The van der Waals surface area contributed by atoms with Gasteiger partial charge in [-0.3, -0.25) is 4.90 Å². The van der Waals surface area contributed by atoms with Crippen molar-refractivity contribution in [1.29, 1.82) is 0 Å². The van der Waals surface area contributed by atoms with E-state index in [1.807, 2.05) is 17.9 Å². The van der Waals surface area contributed by atoms with E-state index in [4.69, 9.17) is 0 Å². The Balaban J connectivity index is 1.88. The molecule has 0 spiro atoms. The van der Waals surface area contributed by atoms with Crippen molar-refractivity contribution in [3.8, 4) is 0 Å². The monoisotopic (exact) mass is 165 g/mol. The highest BCUT2D eigenvalue weighted by atomic mass is 15.2. The van der Waals surface area contributed by atoms with Gasteiger partial charge >= 0.3 is 0 Å². The van der Waals surface area contributed by atoms with E-state index in [-0.39, 0.29) is 0 Å². The largest absolute Gasteiger partial charge is 0.340 e. The van der Waals surface area contributed by atoms with Crippen LogP contribution in [0, 0.1) is 5.92 Å². The smallest absolute Gasteiger partial charge is 0.0947 e. The van der Waals surface area contributed by atoms with Gasteiger partial charge in [-0.05, 0) is 5.92 Å². The molecule has 66 valence electrons. The van der Waals surface area contributed by atoms with Gasteiger partial charge in [-0.15, -0.1) is 0 Å². The van der Waals surface area contributed by atoms with Crippen LogP contribution in [0.2, 0.25) is 0 Å². The van der Waals surface area contributed by atoms with Crippen LogP contribution in [-0.4, -0.2) is 27.5 Å². The molecule has 0 N–H and O–H groups in total. The van der Waals surface area contributed by atoms with Crippen LogP contribution >= 0.6 is 0 Å². The van der Waals surface area contributed by atoms with Gasteiger partial charge in [0.2, 0.25) is 0 Å². The summed E-state index contributed by atoms with van der Waals surface area (Å²) in [6.07, 6.45) is 3.95. The molecule has 2 heterocycles. The minimum atomic E-state index is 0.883. The normalized spacial score (nSPS) is 19.5. The van der Waals surface area contributed by atoms with Crippen molar-refractivity contribution in [1.82, 2.24) is 14.5 Å². The molecule has 1 fully saturated rings. The fourth-order valence-corrected chi connectivity index (χ4v) is 1.73. The number of hydrogen-bond donors (Lipinski definition) is 0. The van der Waals surface area contributed by atoms with Gasteiger partial charge in [0, 0.05) is 32.9 Å². The lowest BCUT2D eigenvalue weighted by Crippen LogP contribution is -2.44. The molecular weight excluding hydrogens is 150 g/mol. The molecule has 0 bridgehead atoms. The summed E-state index contributed by atoms with van der Waals surface area (Å²) in [5, 5.41) is 0. The fourth-order valence-electron chi connectivity index (χ4n) is 1.73. The molecule has 0 atom stereocenters. The van der Waals surface area contributed by atoms with Crippen LogP contribution in [-0.2, 0) is 13.6 Å². The van der Waals surface area contributed by atoms with Crippen LogP contribution in [0.15, 0.2) is 12.5 Å². The number of aromatic nitrogens is 2. The molecule has 12 heavy (non-hydrogen) atoms. The SMILES string of the molecule is CC1CN(Cc2cn(C)cn2)C1. The number of nitrogens with zero attached hydrogens (tertiary/aromatic N) is 3. The zero-order chi connectivity index (χ0) is 8.55. The van der Waals surface area contributed by atoms with E-state index in [0.29, 0.717) is 0 Å². The number of likely N-dealkylation sites (tertiary alicyclic amines) is 1. The molecule has 3 heteroatoms. The van der Waals surface area contributed by atoms with Gasteiger partial charge in [0.15, 0.2) is 0 Å². The summed E-state index contributed by atoms with van der Waals surface area (Å²) < 4.78 is 2.00. The number of aryl methyl sites for hydroxylation is 1. The zero-order valence-corrected chi connectivity index (χ0v) is 7.70. The van der Waals surface area contributed by atoms with Gasteiger partial charge in [0.1, 0.15) is 0 Å². The first-order valence-corrected chi connectivity index (χ1v) is 4.43. The first-order valence-electron chi connectivity index (χ1n) is 4.43. The van der Waals surface area contributed by atoms with Crippen molar-refractivity contribution < 1.29 is 0 Å². The summed E-state index contributed by atoms with van der Waals surface area (Å²) in [6, 6.07) is 0. The van der Waals surface area contributed by atoms with Gasteiger partial charge in [-0.1, -0.05) is 6.92 Å². The number of rotatable bonds is 2. The molecule has 0 aliphatic carbocycles. The third kappa shape index (κ3) is 1.50. The van der Waals surface area contributed by atoms with Crippen molar-refractivity contribution in [2.75, 3.05) is 13.1 Å². The average Bonchev–Trinajstić information content (AvgIpc) is 2.33. The minimum absolute atomic E-state index is 0.883. The summed E-state index contributed by atoms with van der Waals surface area (Å²) >= 11 is 0. The molecule has 1 aromatic heterocycles. The molecule has 3 nitrogen and oxygen atoms in total. The van der Waals surface area contributed by atoms with E-state index in [0.717, 1.165) is 12.5 Å². The van der Waals surface area contributed by atoms with E-state index in [2.05, 4.69) is 23.0 Å². The molecule has 2 rings (SSSR count). The first-order chi connectivity index (χ1) is 5.74. The second kappa shape index (κ2) is 2.90. The Bertz CT molecular complexity index is 260. The predicted molar refractivity (Wildman–Crippen MR) is 47.6 cm³/mol. The Labute approximate surface area is 73.0 Å². The van der Waals surface area contributed by atoms with Gasteiger partial charge in [-0.25, -0.2) is 4.98 Å². The maximum Gasteiger partial charge on any atom is 0.0947 e. The molecule has 0 amide bonds. The lowest BCUT2D eigenvalue weighted by atomic mass is 10.0. The van der Waals surface area contributed by atoms with Crippen LogP contribution in [0.25, 0.3) is 0 Å². The Kier molecular flexibility index (Phi) is 1.89. The van der Waals surface area contributed by atoms with Gasteiger partial charge in [0.25, 0.3) is 0 Å². The molecule has 1 aliphatic rings. The number of hydrogen-bond acceptors (Lipinski definition) is 2. The number of imidazole rings is 1. The van der Waals surface area contributed by atoms with E-state index in [1.54, 1.807) is 0 Å². The maximum atomic E-state index is 4.28. The second-order valence-corrected chi connectivity index (χ2v) is 3.83. The second-order valence-electron chi connectivity index (χ2n) is 3.83.